The maximum atomic E-state index is 13.4. The zero-order valence-electron chi connectivity index (χ0n) is 22.3. The zero-order valence-corrected chi connectivity index (χ0v) is 22.3. The molecular formula is C26H30F6N6O3. The first-order valence-corrected chi connectivity index (χ1v) is 13.0. The number of oxime groups is 1. The monoisotopic (exact) mass is 588 g/mol. The topological polar surface area (TPSA) is 117 Å². The molecule has 0 radical (unpaired) electrons. The summed E-state index contributed by atoms with van der Waals surface area (Å²) in [6, 6.07) is 4.53. The first-order valence-electron chi connectivity index (χ1n) is 13.0. The van der Waals surface area contributed by atoms with Crippen molar-refractivity contribution in [3.8, 4) is 0 Å². The van der Waals surface area contributed by atoms with E-state index in [4.69, 9.17) is 5.73 Å². The molecule has 1 atom stereocenters. The molecule has 0 bridgehead atoms. The largest absolute Gasteiger partial charge is 0.416 e. The molecule has 9 nitrogen and oxygen atoms in total. The number of alkyl halides is 6. The van der Waals surface area contributed by atoms with Gasteiger partial charge in [-0.05, 0) is 30.5 Å². The number of carbonyl (C=O) groups excluding carboxylic acids is 2. The molecule has 3 N–H and O–H groups in total. The van der Waals surface area contributed by atoms with Crippen molar-refractivity contribution < 1.29 is 41.1 Å². The van der Waals surface area contributed by atoms with Crippen molar-refractivity contribution in [3.05, 3.63) is 53.3 Å². The molecule has 41 heavy (non-hydrogen) atoms. The Morgan fingerprint density at radius 2 is 1.63 bits per heavy atom. The van der Waals surface area contributed by atoms with Crippen LogP contribution in [-0.2, 0) is 17.5 Å². The Balaban J connectivity index is 0.00000189. The number of nitrogens with zero attached hydrogens (tertiary/aromatic N) is 5. The molecule has 1 aromatic carbocycles. The van der Waals surface area contributed by atoms with Gasteiger partial charge < -0.3 is 20.7 Å². The van der Waals surface area contributed by atoms with Gasteiger partial charge in [-0.1, -0.05) is 31.1 Å². The summed E-state index contributed by atoms with van der Waals surface area (Å²) in [5.41, 5.74) is 2.59. The van der Waals surface area contributed by atoms with Crippen molar-refractivity contribution in [2.45, 2.75) is 45.6 Å². The van der Waals surface area contributed by atoms with Gasteiger partial charge in [-0.15, -0.1) is 0 Å². The van der Waals surface area contributed by atoms with Crippen molar-refractivity contribution >= 4 is 17.6 Å². The van der Waals surface area contributed by atoms with Gasteiger partial charge in [0.2, 0.25) is 5.91 Å². The quantitative estimate of drug-likeness (QED) is 0.180. The van der Waals surface area contributed by atoms with E-state index in [1.165, 1.54) is 34.1 Å². The smallest absolute Gasteiger partial charge is 0.409 e. The van der Waals surface area contributed by atoms with Gasteiger partial charge in [-0.3, -0.25) is 14.3 Å². The minimum atomic E-state index is -4.64. The van der Waals surface area contributed by atoms with Gasteiger partial charge in [0.05, 0.1) is 23.9 Å². The molecule has 2 saturated heterocycles. The lowest BCUT2D eigenvalue weighted by molar-refractivity contribution is -0.204. The highest BCUT2D eigenvalue weighted by atomic mass is 19.4. The van der Waals surface area contributed by atoms with E-state index < -0.39 is 46.5 Å². The summed E-state index contributed by atoms with van der Waals surface area (Å²) in [5.74, 6) is -2.32. The number of hydrogen-bond acceptors (Lipinski definition) is 5. The summed E-state index contributed by atoms with van der Waals surface area (Å²) < 4.78 is 80.0. The second kappa shape index (κ2) is 10.6. The van der Waals surface area contributed by atoms with E-state index in [2.05, 4.69) is 10.3 Å². The molecule has 3 fully saturated rings. The van der Waals surface area contributed by atoms with E-state index in [1.54, 1.807) is 0 Å². The second-order valence-electron chi connectivity index (χ2n) is 10.5. The predicted octanol–water partition coefficient (Wildman–Crippen LogP) is 3.97. The molecule has 2 aromatic rings. The summed E-state index contributed by atoms with van der Waals surface area (Å²) in [6.07, 6.45) is -6.89. The third-order valence-electron chi connectivity index (χ3n) is 7.91. The Morgan fingerprint density at radius 3 is 2.15 bits per heavy atom. The Morgan fingerprint density at radius 1 is 1.05 bits per heavy atom. The van der Waals surface area contributed by atoms with Crippen LogP contribution in [0.25, 0.3) is 0 Å². The fraction of sp³-hybridized carbons (Fsp3) is 0.538. The molecular weight excluding hydrogens is 558 g/mol. The highest BCUT2D eigenvalue weighted by molar-refractivity contribution is 5.95. The van der Waals surface area contributed by atoms with Crippen LogP contribution in [-0.4, -0.2) is 74.8 Å². The van der Waals surface area contributed by atoms with Crippen LogP contribution in [0.5, 0.6) is 0 Å². The van der Waals surface area contributed by atoms with Gasteiger partial charge >= 0.3 is 12.4 Å². The van der Waals surface area contributed by atoms with Gasteiger partial charge in [0.1, 0.15) is 11.3 Å². The van der Waals surface area contributed by atoms with Crippen LogP contribution in [0.15, 0.2) is 41.8 Å². The molecule has 3 aliphatic rings. The molecule has 1 saturated carbocycles. The summed E-state index contributed by atoms with van der Waals surface area (Å²) in [4.78, 5) is 28.4. The number of amidine groups is 1. The lowest BCUT2D eigenvalue weighted by Gasteiger charge is -2.51. The van der Waals surface area contributed by atoms with Crippen molar-refractivity contribution in [2.24, 2.45) is 27.6 Å². The van der Waals surface area contributed by atoms with Crippen LogP contribution < -0.4 is 5.73 Å². The average Bonchev–Trinajstić information content (AvgIpc) is 3.46. The Labute approximate surface area is 231 Å². The van der Waals surface area contributed by atoms with Crippen LogP contribution in [0.4, 0.5) is 26.3 Å². The van der Waals surface area contributed by atoms with Gasteiger partial charge in [0, 0.05) is 43.7 Å². The highest BCUT2D eigenvalue weighted by Crippen LogP contribution is 2.60. The van der Waals surface area contributed by atoms with E-state index in [0.717, 1.165) is 17.0 Å². The van der Waals surface area contributed by atoms with E-state index in [9.17, 15) is 41.1 Å². The summed E-state index contributed by atoms with van der Waals surface area (Å²) in [6.45, 7) is 4.06. The minimum absolute atomic E-state index is 0.0191. The number of likely N-dealkylation sites (tertiary alicyclic amines) is 2. The standard InChI is InChI=1S/C24H24F6N6O3.C2H6/c25-23(26,27)16-3-1-14(2-4-16)8-36-9-15(7-32-36)19(37)34-10-17(18(31)33-39)21(11-34)12-35(13-21)20(38)22(5-6-22)24(28,29)30;1-2/h1-4,7,9,17,39H,5-6,8,10-13H2,(H2,31,33);1-2H3. The molecule has 15 heteroatoms. The number of rotatable bonds is 5. The number of hydrogen-bond donors (Lipinski definition) is 2. The maximum Gasteiger partial charge on any atom is 0.416 e. The lowest BCUT2D eigenvalue weighted by atomic mass is 9.70. The number of nitrogens with two attached hydrogens (primary N) is 1. The minimum Gasteiger partial charge on any atom is -0.409 e. The maximum absolute atomic E-state index is 13.4. The Hall–Kier alpha value is -3.78. The summed E-state index contributed by atoms with van der Waals surface area (Å²) >= 11 is 0. The zero-order chi connectivity index (χ0) is 30.4. The average molecular weight is 589 g/mol. The normalized spacial score (nSPS) is 21.3. The second-order valence-corrected chi connectivity index (χ2v) is 10.5. The van der Waals surface area contributed by atoms with E-state index >= 15 is 0 Å². The van der Waals surface area contributed by atoms with Gasteiger partial charge in [-0.2, -0.15) is 31.4 Å². The number of carbonyl (C=O) groups is 2. The van der Waals surface area contributed by atoms with Crippen molar-refractivity contribution in [3.63, 3.8) is 0 Å². The molecule has 1 unspecified atom stereocenters. The summed E-state index contributed by atoms with van der Waals surface area (Å²) in [5, 5.41) is 16.4. The van der Waals surface area contributed by atoms with Gasteiger partial charge in [-0.25, -0.2) is 0 Å². The Bertz CT molecular complexity index is 1310. The highest BCUT2D eigenvalue weighted by Gasteiger charge is 2.71. The first kappa shape index (κ1) is 30.2. The van der Waals surface area contributed by atoms with Crippen molar-refractivity contribution in [2.75, 3.05) is 26.2 Å². The molecule has 2 aliphatic heterocycles. The molecule has 3 heterocycles. The SMILES string of the molecule is CC.N/C(=N\O)C1CN(C(=O)c2cnn(Cc3ccc(C(F)(F)F)cc3)c2)CC12CN(C(=O)C1(C(F)(F)F)CC1)C2. The van der Waals surface area contributed by atoms with E-state index in [0.29, 0.717) is 5.56 Å². The number of halogens is 6. The summed E-state index contributed by atoms with van der Waals surface area (Å²) in [7, 11) is 0. The van der Waals surface area contributed by atoms with Crippen LogP contribution in [0.1, 0.15) is 48.2 Å². The van der Waals surface area contributed by atoms with Crippen LogP contribution >= 0.6 is 0 Å². The molecule has 1 aromatic heterocycles. The molecule has 2 amide bonds. The van der Waals surface area contributed by atoms with Gasteiger partial charge in [0.15, 0.2) is 0 Å². The number of aromatic nitrogens is 2. The third-order valence-corrected chi connectivity index (χ3v) is 7.91. The molecule has 224 valence electrons. The number of benzene rings is 1. The fourth-order valence-electron chi connectivity index (χ4n) is 5.55. The third kappa shape index (κ3) is 5.45. The lowest BCUT2D eigenvalue weighted by Crippen LogP contribution is -2.65. The van der Waals surface area contributed by atoms with E-state index in [-0.39, 0.29) is 57.0 Å². The molecule has 1 aliphatic carbocycles. The fourth-order valence-corrected chi connectivity index (χ4v) is 5.55. The van der Waals surface area contributed by atoms with Crippen LogP contribution in [0.2, 0.25) is 0 Å². The molecule has 5 rings (SSSR count). The first-order chi connectivity index (χ1) is 19.2. The van der Waals surface area contributed by atoms with Crippen LogP contribution in [0, 0.1) is 16.7 Å². The van der Waals surface area contributed by atoms with E-state index in [1.807, 2.05) is 13.8 Å². The molecule has 1 spiro atoms. The van der Waals surface area contributed by atoms with Crippen molar-refractivity contribution in [1.82, 2.24) is 19.6 Å². The van der Waals surface area contributed by atoms with Crippen LogP contribution in [0.3, 0.4) is 0 Å². The predicted molar refractivity (Wildman–Crippen MR) is 134 cm³/mol. The van der Waals surface area contributed by atoms with Crippen molar-refractivity contribution in [1.29, 1.82) is 0 Å². The Kier molecular flexibility index (Phi) is 7.78. The van der Waals surface area contributed by atoms with Gasteiger partial charge in [0.25, 0.3) is 5.91 Å². The number of amides is 2.